The van der Waals surface area contributed by atoms with Gasteiger partial charge in [0.1, 0.15) is 12.1 Å². The highest BCUT2D eigenvalue weighted by Gasteiger charge is 2.25. The number of aromatic nitrogens is 3. The molecule has 1 N–H and O–H groups in total. The molecule has 136 valence electrons. The molecule has 0 spiro atoms. The third-order valence-corrected chi connectivity index (χ3v) is 4.69. The van der Waals surface area contributed by atoms with Crippen molar-refractivity contribution < 1.29 is 13.9 Å². The summed E-state index contributed by atoms with van der Waals surface area (Å²) in [4.78, 5) is 26.2. The van der Waals surface area contributed by atoms with Gasteiger partial charge in [0, 0.05) is 19.5 Å². The predicted octanol–water partition coefficient (Wildman–Crippen LogP) is 3.19. The van der Waals surface area contributed by atoms with Gasteiger partial charge in [-0.3, -0.25) is 0 Å². The summed E-state index contributed by atoms with van der Waals surface area (Å²) in [7, 11) is 0. The van der Waals surface area contributed by atoms with Crippen molar-refractivity contribution in [3.63, 3.8) is 0 Å². The minimum atomic E-state index is -0.446. The number of anilines is 1. The maximum Gasteiger partial charge on any atom is 0.360 e. The fraction of sp³-hybridized carbons (Fsp3) is 0.421. The molecule has 2 aromatic heterocycles. The van der Waals surface area contributed by atoms with Gasteiger partial charge in [-0.25, -0.2) is 9.78 Å². The molecule has 0 amide bonds. The maximum absolute atomic E-state index is 11.8. The van der Waals surface area contributed by atoms with Crippen LogP contribution in [-0.2, 0) is 11.2 Å². The van der Waals surface area contributed by atoms with Crippen LogP contribution in [0, 0.1) is 5.92 Å². The SMILES string of the molecule is CCOC(=O)c1coc(N2CCC[C@H](Cc3nc4ccccc4[nH]3)C2)n1. The van der Waals surface area contributed by atoms with Gasteiger partial charge in [-0.15, -0.1) is 0 Å². The summed E-state index contributed by atoms with van der Waals surface area (Å²) in [5.74, 6) is 1.03. The van der Waals surface area contributed by atoms with E-state index in [1.54, 1.807) is 6.92 Å². The largest absolute Gasteiger partial charge is 0.461 e. The van der Waals surface area contributed by atoms with Crippen molar-refractivity contribution in [3.8, 4) is 0 Å². The van der Waals surface area contributed by atoms with Crippen LogP contribution in [0.5, 0.6) is 0 Å². The molecule has 1 aliphatic rings. The van der Waals surface area contributed by atoms with Crippen LogP contribution in [0.2, 0.25) is 0 Å². The second kappa shape index (κ2) is 7.19. The van der Waals surface area contributed by atoms with Crippen LogP contribution in [0.1, 0.15) is 36.1 Å². The third-order valence-electron chi connectivity index (χ3n) is 4.69. The molecule has 4 rings (SSSR count). The Bertz CT molecular complexity index is 868. The van der Waals surface area contributed by atoms with E-state index in [9.17, 15) is 4.79 Å². The number of hydrogen-bond acceptors (Lipinski definition) is 6. The molecule has 1 fully saturated rings. The summed E-state index contributed by atoms with van der Waals surface area (Å²) in [5, 5.41) is 0. The number of benzene rings is 1. The Morgan fingerprint density at radius 2 is 2.27 bits per heavy atom. The standard InChI is InChI=1S/C19H22N4O3/c1-2-25-18(24)16-12-26-19(22-16)23-9-5-6-13(11-23)10-17-20-14-7-3-4-8-15(14)21-17/h3-4,7-8,12-13H,2,5-6,9-11H2,1H3,(H,20,21)/t13-/m1/s1. The average Bonchev–Trinajstić information content (AvgIpc) is 3.29. The van der Waals surface area contributed by atoms with E-state index in [2.05, 4.69) is 19.9 Å². The molecule has 26 heavy (non-hydrogen) atoms. The number of imidazole rings is 1. The Balaban J connectivity index is 1.43. The van der Waals surface area contributed by atoms with Crippen molar-refractivity contribution in [2.75, 3.05) is 24.6 Å². The quantitative estimate of drug-likeness (QED) is 0.709. The van der Waals surface area contributed by atoms with Crippen LogP contribution in [0.25, 0.3) is 11.0 Å². The molecule has 0 radical (unpaired) electrons. The van der Waals surface area contributed by atoms with Crippen LogP contribution < -0.4 is 4.90 Å². The van der Waals surface area contributed by atoms with E-state index in [0.29, 0.717) is 18.5 Å². The topological polar surface area (TPSA) is 84.2 Å². The van der Waals surface area contributed by atoms with Gasteiger partial charge in [0.2, 0.25) is 0 Å². The van der Waals surface area contributed by atoms with Gasteiger partial charge in [-0.05, 0) is 37.8 Å². The van der Waals surface area contributed by atoms with Crippen molar-refractivity contribution in [1.29, 1.82) is 0 Å². The molecule has 0 bridgehead atoms. The van der Waals surface area contributed by atoms with Crippen LogP contribution in [0.3, 0.4) is 0 Å². The fourth-order valence-corrected chi connectivity index (χ4v) is 3.49. The normalized spacial score (nSPS) is 17.6. The number of nitrogens with zero attached hydrogens (tertiary/aromatic N) is 3. The Morgan fingerprint density at radius 3 is 3.12 bits per heavy atom. The summed E-state index contributed by atoms with van der Waals surface area (Å²) in [6.07, 6.45) is 4.45. The number of carbonyl (C=O) groups excluding carboxylic acids is 1. The summed E-state index contributed by atoms with van der Waals surface area (Å²) >= 11 is 0. The van der Waals surface area contributed by atoms with Crippen LogP contribution >= 0.6 is 0 Å². The lowest BCUT2D eigenvalue weighted by atomic mass is 9.95. The summed E-state index contributed by atoms with van der Waals surface area (Å²) < 4.78 is 10.5. The number of fused-ring (bicyclic) bond motifs is 1. The zero-order chi connectivity index (χ0) is 17.9. The number of aromatic amines is 1. The Morgan fingerprint density at radius 1 is 1.38 bits per heavy atom. The lowest BCUT2D eigenvalue weighted by Crippen LogP contribution is -2.36. The predicted molar refractivity (Wildman–Crippen MR) is 97.2 cm³/mol. The van der Waals surface area contributed by atoms with E-state index >= 15 is 0 Å². The van der Waals surface area contributed by atoms with Crippen molar-refractivity contribution >= 4 is 23.0 Å². The molecule has 1 saturated heterocycles. The van der Waals surface area contributed by atoms with Crippen molar-refractivity contribution in [2.24, 2.45) is 5.92 Å². The number of H-pyrrole nitrogens is 1. The molecule has 0 unspecified atom stereocenters. The minimum absolute atomic E-state index is 0.223. The van der Waals surface area contributed by atoms with E-state index in [0.717, 1.165) is 49.2 Å². The number of hydrogen-bond donors (Lipinski definition) is 1. The van der Waals surface area contributed by atoms with Gasteiger partial charge in [-0.1, -0.05) is 12.1 Å². The summed E-state index contributed by atoms with van der Waals surface area (Å²) in [5.41, 5.74) is 2.30. The third kappa shape index (κ3) is 3.42. The Kier molecular flexibility index (Phi) is 4.60. The Hall–Kier alpha value is -2.83. The monoisotopic (exact) mass is 354 g/mol. The number of esters is 1. The highest BCUT2D eigenvalue weighted by atomic mass is 16.5. The van der Waals surface area contributed by atoms with E-state index in [4.69, 9.17) is 9.15 Å². The van der Waals surface area contributed by atoms with Crippen LogP contribution in [-0.4, -0.2) is 40.6 Å². The summed E-state index contributed by atoms with van der Waals surface area (Å²) in [6, 6.07) is 8.56. The molecule has 0 saturated carbocycles. The minimum Gasteiger partial charge on any atom is -0.461 e. The van der Waals surface area contributed by atoms with E-state index in [1.165, 1.54) is 6.26 Å². The van der Waals surface area contributed by atoms with E-state index in [1.807, 2.05) is 24.3 Å². The number of nitrogens with one attached hydrogen (secondary N) is 1. The Labute approximate surface area is 151 Å². The van der Waals surface area contributed by atoms with Crippen LogP contribution in [0.15, 0.2) is 34.9 Å². The molecule has 3 heterocycles. The molecule has 1 atom stereocenters. The first kappa shape index (κ1) is 16.6. The number of rotatable bonds is 5. The molecule has 1 aliphatic heterocycles. The van der Waals surface area contributed by atoms with Gasteiger partial charge in [0.15, 0.2) is 5.69 Å². The second-order valence-corrected chi connectivity index (χ2v) is 6.59. The van der Waals surface area contributed by atoms with Gasteiger partial charge in [-0.2, -0.15) is 4.98 Å². The highest BCUT2D eigenvalue weighted by molar-refractivity contribution is 5.87. The number of piperidine rings is 1. The zero-order valence-electron chi connectivity index (χ0n) is 14.8. The molecular weight excluding hydrogens is 332 g/mol. The van der Waals surface area contributed by atoms with E-state index in [-0.39, 0.29) is 5.69 Å². The molecule has 0 aliphatic carbocycles. The number of para-hydroxylation sites is 2. The molecule has 1 aromatic carbocycles. The molecule has 7 nitrogen and oxygen atoms in total. The highest BCUT2D eigenvalue weighted by Crippen LogP contribution is 2.25. The molecular formula is C19H22N4O3. The number of carbonyl (C=O) groups is 1. The van der Waals surface area contributed by atoms with Gasteiger partial charge >= 0.3 is 5.97 Å². The van der Waals surface area contributed by atoms with E-state index < -0.39 is 5.97 Å². The first-order valence-corrected chi connectivity index (χ1v) is 9.04. The fourth-order valence-electron chi connectivity index (χ4n) is 3.49. The van der Waals surface area contributed by atoms with Gasteiger partial charge < -0.3 is 19.0 Å². The molecule has 3 aromatic rings. The van der Waals surface area contributed by atoms with Gasteiger partial charge in [0.25, 0.3) is 6.01 Å². The average molecular weight is 354 g/mol. The smallest absolute Gasteiger partial charge is 0.360 e. The molecule has 7 heteroatoms. The van der Waals surface area contributed by atoms with Gasteiger partial charge in [0.05, 0.1) is 17.6 Å². The summed E-state index contributed by atoms with van der Waals surface area (Å²) in [6.45, 7) is 3.80. The first-order valence-electron chi connectivity index (χ1n) is 9.04. The lowest BCUT2D eigenvalue weighted by molar-refractivity contribution is 0.0519. The van der Waals surface area contributed by atoms with Crippen LogP contribution in [0.4, 0.5) is 6.01 Å². The van der Waals surface area contributed by atoms with Crippen molar-refractivity contribution in [2.45, 2.75) is 26.2 Å². The zero-order valence-corrected chi connectivity index (χ0v) is 14.8. The number of oxazole rings is 1. The second-order valence-electron chi connectivity index (χ2n) is 6.59. The number of ether oxygens (including phenoxy) is 1. The van der Waals surface area contributed by atoms with Crippen molar-refractivity contribution in [3.05, 3.63) is 42.0 Å². The van der Waals surface area contributed by atoms with Crippen molar-refractivity contribution in [1.82, 2.24) is 15.0 Å². The maximum atomic E-state index is 11.8. The lowest BCUT2D eigenvalue weighted by Gasteiger charge is -2.31. The first-order chi connectivity index (χ1) is 12.7.